The highest BCUT2D eigenvalue weighted by Crippen LogP contribution is 2.39. The number of amides is 1. The Bertz CT molecular complexity index is 786. The van der Waals surface area contributed by atoms with E-state index in [9.17, 15) is 20.0 Å². The molecule has 0 saturated heterocycles. The van der Waals surface area contributed by atoms with Gasteiger partial charge in [0.15, 0.2) is 0 Å². The first-order chi connectivity index (χ1) is 12.0. The lowest BCUT2D eigenvalue weighted by Gasteiger charge is -2.42. The maximum atomic E-state index is 12.3. The number of hydrogen-bond donors (Lipinski definition) is 2. The predicted octanol–water partition coefficient (Wildman–Crippen LogP) is 3.41. The minimum Gasteiger partial charge on any atom is -0.435 e. The Hall–Kier alpha value is -2.74. The summed E-state index contributed by atoms with van der Waals surface area (Å²) < 4.78 is -0.122. The molecule has 8 nitrogen and oxygen atoms in total. The number of carboxylic acid groups (broad SMARTS) is 1. The van der Waals surface area contributed by atoms with E-state index >= 15 is 0 Å². The average molecular weight is 345 g/mol. The van der Waals surface area contributed by atoms with Gasteiger partial charge in [-0.1, -0.05) is 13.3 Å². The number of carbonyl (C=O) groups is 1. The summed E-state index contributed by atoms with van der Waals surface area (Å²) in [6.07, 6.45) is 2.93. The molecule has 1 amide bonds. The number of rotatable bonds is 5. The van der Waals surface area contributed by atoms with Crippen LogP contribution in [0.1, 0.15) is 42.8 Å². The van der Waals surface area contributed by atoms with Crippen LogP contribution < -0.4 is 0 Å². The quantitative estimate of drug-likeness (QED) is 0.490. The van der Waals surface area contributed by atoms with Gasteiger partial charge in [-0.25, -0.2) is 9.47 Å². The number of H-pyrrole nitrogens is 1. The van der Waals surface area contributed by atoms with E-state index in [4.69, 9.17) is 0 Å². The Morgan fingerprint density at radius 2 is 2.16 bits per heavy atom. The second-order valence-electron chi connectivity index (χ2n) is 6.44. The number of aromatic amines is 1. The largest absolute Gasteiger partial charge is 0.514 e. The van der Waals surface area contributed by atoms with E-state index in [1.54, 1.807) is 18.5 Å². The van der Waals surface area contributed by atoms with Gasteiger partial charge in [-0.15, -0.1) is 0 Å². The van der Waals surface area contributed by atoms with Gasteiger partial charge in [0.25, 0.3) is 5.69 Å². The maximum Gasteiger partial charge on any atom is 0.514 e. The molecule has 2 aromatic rings. The molecule has 0 radical (unpaired) electrons. The molecular weight excluding hydrogens is 324 g/mol. The van der Waals surface area contributed by atoms with Crippen LogP contribution in [0.5, 0.6) is 0 Å². The van der Waals surface area contributed by atoms with Crippen LogP contribution in [0, 0.1) is 10.1 Å². The van der Waals surface area contributed by atoms with Crippen LogP contribution in [0.4, 0.5) is 10.5 Å². The summed E-state index contributed by atoms with van der Waals surface area (Å²) in [5.74, 6) is 0. The number of nitro groups is 1. The van der Waals surface area contributed by atoms with Crippen LogP contribution in [-0.2, 0) is 13.0 Å². The van der Waals surface area contributed by atoms with Crippen molar-refractivity contribution in [2.45, 2.75) is 38.8 Å². The fourth-order valence-corrected chi connectivity index (χ4v) is 3.71. The van der Waals surface area contributed by atoms with E-state index in [0.717, 1.165) is 29.8 Å². The first kappa shape index (κ1) is 17.1. The topological polar surface area (TPSA) is 109 Å². The Labute approximate surface area is 144 Å². The van der Waals surface area contributed by atoms with Gasteiger partial charge in [0.05, 0.1) is 17.8 Å². The van der Waals surface area contributed by atoms with Crippen LogP contribution in [0.3, 0.4) is 0 Å². The first-order valence-electron chi connectivity index (χ1n) is 8.33. The zero-order valence-corrected chi connectivity index (χ0v) is 14.0. The molecule has 2 N–H and O–H groups in total. The average Bonchev–Trinajstić information content (AvgIpc) is 3.06. The van der Waals surface area contributed by atoms with Gasteiger partial charge in [-0.05, 0) is 12.1 Å². The van der Waals surface area contributed by atoms with E-state index < -0.39 is 11.0 Å². The molecule has 0 spiro atoms. The van der Waals surface area contributed by atoms with Gasteiger partial charge in [0, 0.05) is 36.2 Å². The number of aromatic nitrogens is 2. The smallest absolute Gasteiger partial charge is 0.435 e. The van der Waals surface area contributed by atoms with Crippen molar-refractivity contribution in [2.24, 2.45) is 0 Å². The monoisotopic (exact) mass is 345 g/mol. The summed E-state index contributed by atoms with van der Waals surface area (Å²) in [4.78, 5) is 30.2. The van der Waals surface area contributed by atoms with Gasteiger partial charge >= 0.3 is 6.09 Å². The molecule has 0 aliphatic carbocycles. The van der Waals surface area contributed by atoms with Gasteiger partial charge in [0.1, 0.15) is 18.3 Å². The van der Waals surface area contributed by atoms with Crippen LogP contribution in [0.15, 0.2) is 30.6 Å². The minimum absolute atomic E-state index is 0.00367. The number of nitro benzene ring substituents is 1. The van der Waals surface area contributed by atoms with Crippen molar-refractivity contribution in [3.63, 3.8) is 0 Å². The maximum absolute atomic E-state index is 12.3. The Kier molecular flexibility index (Phi) is 4.54. The van der Waals surface area contributed by atoms with Crippen molar-refractivity contribution in [1.82, 2.24) is 9.97 Å². The van der Waals surface area contributed by atoms with Crippen LogP contribution in [0.25, 0.3) is 0 Å². The Morgan fingerprint density at radius 3 is 2.76 bits per heavy atom. The Morgan fingerprint density at radius 1 is 1.44 bits per heavy atom. The van der Waals surface area contributed by atoms with E-state index in [0.29, 0.717) is 13.0 Å². The molecule has 1 aromatic heterocycles. The van der Waals surface area contributed by atoms with Crippen molar-refractivity contribution in [3.05, 3.63) is 57.7 Å². The van der Waals surface area contributed by atoms with Crippen LogP contribution in [0.2, 0.25) is 0 Å². The first-order valence-corrected chi connectivity index (χ1v) is 8.33. The third-order valence-electron chi connectivity index (χ3n) is 4.98. The fourth-order valence-electron chi connectivity index (χ4n) is 3.71. The lowest BCUT2D eigenvalue weighted by Crippen LogP contribution is -2.57. The van der Waals surface area contributed by atoms with E-state index in [1.165, 1.54) is 12.1 Å². The molecule has 1 aliphatic heterocycles. The van der Waals surface area contributed by atoms with Crippen molar-refractivity contribution in [2.75, 3.05) is 6.54 Å². The molecule has 1 aliphatic rings. The van der Waals surface area contributed by atoms with Crippen molar-refractivity contribution in [1.29, 1.82) is 0 Å². The minimum atomic E-state index is -0.884. The third-order valence-corrected chi connectivity index (χ3v) is 4.98. The number of quaternary nitrogens is 1. The number of hydrogen-bond acceptors (Lipinski definition) is 4. The summed E-state index contributed by atoms with van der Waals surface area (Å²) in [7, 11) is 0. The van der Waals surface area contributed by atoms with E-state index in [-0.39, 0.29) is 22.8 Å². The van der Waals surface area contributed by atoms with Crippen molar-refractivity contribution in [3.8, 4) is 0 Å². The van der Waals surface area contributed by atoms with Crippen LogP contribution >= 0.6 is 0 Å². The van der Waals surface area contributed by atoms with Crippen molar-refractivity contribution >= 4 is 11.8 Å². The lowest BCUT2D eigenvalue weighted by molar-refractivity contribution is -0.904. The normalized spacial score (nSPS) is 22.4. The Balaban J connectivity index is 1.98. The highest BCUT2D eigenvalue weighted by Gasteiger charge is 2.49. The highest BCUT2D eigenvalue weighted by atomic mass is 16.6. The van der Waals surface area contributed by atoms with Gasteiger partial charge in [-0.2, -0.15) is 4.79 Å². The van der Waals surface area contributed by atoms with E-state index in [1.807, 2.05) is 6.92 Å². The molecule has 2 atom stereocenters. The molecular formula is C17H21N4O4+. The fraction of sp³-hybridized carbons (Fsp3) is 0.412. The second kappa shape index (κ2) is 6.64. The molecule has 2 unspecified atom stereocenters. The lowest BCUT2D eigenvalue weighted by atomic mass is 9.94. The molecule has 0 saturated carbocycles. The molecule has 1 aromatic carbocycles. The summed E-state index contributed by atoms with van der Waals surface area (Å²) >= 11 is 0. The summed E-state index contributed by atoms with van der Waals surface area (Å²) in [6, 6.07) is 5.90. The number of nitrogens with zero attached hydrogens (tertiary/aromatic N) is 3. The molecule has 132 valence electrons. The molecule has 0 fully saturated rings. The van der Waals surface area contributed by atoms with E-state index in [2.05, 4.69) is 9.97 Å². The number of nitrogens with one attached hydrogen (secondary N) is 1. The molecule has 25 heavy (non-hydrogen) atoms. The molecule has 0 bridgehead atoms. The summed E-state index contributed by atoms with van der Waals surface area (Å²) in [5.41, 5.74) is 2.62. The van der Waals surface area contributed by atoms with Crippen molar-refractivity contribution < 1.29 is 19.3 Å². The highest BCUT2D eigenvalue weighted by molar-refractivity contribution is 5.58. The van der Waals surface area contributed by atoms with Crippen LogP contribution in [-0.4, -0.2) is 37.1 Å². The zero-order chi connectivity index (χ0) is 18.0. The van der Waals surface area contributed by atoms with Gasteiger partial charge in [-0.3, -0.25) is 10.1 Å². The number of benzene rings is 1. The summed E-state index contributed by atoms with van der Waals surface area (Å²) in [5, 5.41) is 20.9. The molecule has 3 rings (SSSR count). The number of fused-ring (bicyclic) bond motifs is 1. The SMILES string of the molecule is CCCC1c2nc[nH]c2CC[N+]1(Cc1ccc([N+](=O)[O-])cc1)C(=O)O. The number of non-ortho nitro benzene ring substituents is 1. The zero-order valence-electron chi connectivity index (χ0n) is 14.0. The second-order valence-corrected chi connectivity index (χ2v) is 6.44. The standard InChI is InChI=1S/C17H20N4O4/c1-2-3-15-16-14(18-11-19-16)8-9-21(15,17(22)23)10-12-4-6-13(7-5-12)20(24)25/h4-7,11,15H,2-3,8-10H2,1H3,(H-,18,19,22,23)/p+1. The summed E-state index contributed by atoms with van der Waals surface area (Å²) in [6.45, 7) is 2.78. The van der Waals surface area contributed by atoms with Gasteiger partial charge < -0.3 is 10.1 Å². The predicted molar refractivity (Wildman–Crippen MR) is 89.9 cm³/mol. The molecule has 8 heteroatoms. The third kappa shape index (κ3) is 3.00. The molecule has 2 heterocycles. The van der Waals surface area contributed by atoms with Gasteiger partial charge in [0.2, 0.25) is 0 Å². The number of imidazole rings is 1.